The van der Waals surface area contributed by atoms with Gasteiger partial charge in [0.2, 0.25) is 0 Å². The van der Waals surface area contributed by atoms with E-state index in [2.05, 4.69) is 74.8 Å². The molecule has 56 heavy (non-hydrogen) atoms. The van der Waals surface area contributed by atoms with Crippen LogP contribution in [-0.2, 0) is 15.2 Å². The summed E-state index contributed by atoms with van der Waals surface area (Å²) in [5, 5.41) is 12.8. The number of nitrogens with zero attached hydrogens (tertiary/aromatic N) is 1. The van der Waals surface area contributed by atoms with Crippen molar-refractivity contribution in [2.45, 2.75) is 17.6 Å². The van der Waals surface area contributed by atoms with E-state index in [1.807, 2.05) is 72.8 Å². The Bertz CT molecular complexity index is 2120. The van der Waals surface area contributed by atoms with Gasteiger partial charge in [0.25, 0.3) is 0 Å². The van der Waals surface area contributed by atoms with Crippen LogP contribution in [0.3, 0.4) is 0 Å². The Kier molecular flexibility index (Phi) is 12.8. The van der Waals surface area contributed by atoms with E-state index in [1.165, 1.54) is 34.0 Å². The van der Waals surface area contributed by atoms with Gasteiger partial charge in [0.1, 0.15) is 19.0 Å². The summed E-state index contributed by atoms with van der Waals surface area (Å²) in [7, 11) is 1.64. The normalized spacial score (nSPS) is 12.8. The number of thiocarbonyl (C=S) groups is 1. The first-order valence-electron chi connectivity index (χ1n) is 18.5. The molecule has 0 atom stereocenters. The fourth-order valence-corrected chi connectivity index (χ4v) is 8.21. The van der Waals surface area contributed by atoms with Gasteiger partial charge in [-0.2, -0.15) is 0 Å². The SMILES string of the molecule is COc1ccc(CSC(=NCCNC(=O)OCC2c3ccccc3-c3ccccc32)NC(=S)NCCNC(=O)OCC2c3ccccc3-c3ccccc32)cc1. The molecule has 0 saturated heterocycles. The summed E-state index contributed by atoms with van der Waals surface area (Å²) in [5.74, 6) is 1.38. The zero-order chi connectivity index (χ0) is 38.7. The molecule has 12 heteroatoms. The monoisotopic (exact) mass is 785 g/mol. The number of carbonyl (C=O) groups is 2. The highest BCUT2D eigenvalue weighted by Crippen LogP contribution is 2.45. The number of alkyl carbamates (subject to hydrolysis) is 2. The van der Waals surface area contributed by atoms with Crippen LogP contribution < -0.4 is 26.0 Å². The number of amidine groups is 1. The molecule has 0 fully saturated rings. The molecule has 0 aromatic heterocycles. The van der Waals surface area contributed by atoms with Crippen LogP contribution in [0.5, 0.6) is 5.75 Å². The molecule has 7 rings (SSSR count). The van der Waals surface area contributed by atoms with Crippen molar-refractivity contribution in [3.8, 4) is 28.0 Å². The molecule has 0 bridgehead atoms. The summed E-state index contributed by atoms with van der Waals surface area (Å²) in [5.41, 5.74) is 10.4. The standard InChI is InChI=1S/C44H43N5O5S2/c1-52-30-20-18-29(19-21-30)28-56-42(46-23-25-48-44(51)54-27-40-37-16-8-4-12-33(37)34-13-5-9-17-38(34)40)49-41(55)45-22-24-47-43(50)53-26-39-35-14-6-2-10-31(35)32-11-3-7-15-36(32)39/h2-21,39-40H,22-28H2,1H3,(H,47,50)(H,48,51)(H2,45,46,49,55). The second kappa shape index (κ2) is 18.7. The molecule has 2 aliphatic rings. The third kappa shape index (κ3) is 9.32. The number of ether oxygens (including phenoxy) is 3. The lowest BCUT2D eigenvalue weighted by molar-refractivity contribution is 0.142. The smallest absolute Gasteiger partial charge is 0.407 e. The summed E-state index contributed by atoms with van der Waals surface area (Å²) in [6.07, 6.45) is -0.989. The van der Waals surface area contributed by atoms with Gasteiger partial charge in [-0.3, -0.25) is 4.99 Å². The fraction of sp³-hybridized carbons (Fsp3) is 0.227. The minimum absolute atomic E-state index is 0.00899. The maximum Gasteiger partial charge on any atom is 0.407 e. The molecule has 2 amide bonds. The van der Waals surface area contributed by atoms with Crippen molar-refractivity contribution in [2.24, 2.45) is 4.99 Å². The zero-order valence-electron chi connectivity index (χ0n) is 31.0. The number of nitrogens with one attached hydrogen (secondary N) is 4. The summed E-state index contributed by atoms with van der Waals surface area (Å²) in [6, 6.07) is 40.8. The van der Waals surface area contributed by atoms with Gasteiger partial charge in [0.15, 0.2) is 10.3 Å². The zero-order valence-corrected chi connectivity index (χ0v) is 32.6. The van der Waals surface area contributed by atoms with Gasteiger partial charge in [0, 0.05) is 37.2 Å². The van der Waals surface area contributed by atoms with Crippen LogP contribution in [0.4, 0.5) is 9.59 Å². The molecule has 5 aromatic rings. The van der Waals surface area contributed by atoms with Gasteiger partial charge in [-0.25, -0.2) is 9.59 Å². The highest BCUT2D eigenvalue weighted by molar-refractivity contribution is 8.13. The van der Waals surface area contributed by atoms with Crippen LogP contribution in [0.1, 0.15) is 39.7 Å². The fourth-order valence-electron chi connectivity index (χ4n) is 7.09. The number of thioether (sulfide) groups is 1. The summed E-state index contributed by atoms with van der Waals surface area (Å²) in [6.45, 7) is 1.73. The number of methoxy groups -OCH3 is 1. The van der Waals surface area contributed by atoms with Crippen molar-refractivity contribution in [1.82, 2.24) is 21.3 Å². The van der Waals surface area contributed by atoms with Gasteiger partial charge in [-0.1, -0.05) is 121 Å². The first kappa shape index (κ1) is 38.4. The van der Waals surface area contributed by atoms with Crippen molar-refractivity contribution >= 4 is 46.4 Å². The number of carbonyl (C=O) groups excluding carboxylic acids is 2. The molecule has 286 valence electrons. The number of hydrogen-bond acceptors (Lipinski definition) is 8. The lowest BCUT2D eigenvalue weighted by Gasteiger charge is -2.15. The maximum absolute atomic E-state index is 12.7. The first-order valence-corrected chi connectivity index (χ1v) is 19.9. The van der Waals surface area contributed by atoms with Gasteiger partial charge < -0.3 is 35.5 Å². The van der Waals surface area contributed by atoms with Crippen LogP contribution in [0.15, 0.2) is 126 Å². The Morgan fingerprint density at radius 1 is 0.625 bits per heavy atom. The summed E-state index contributed by atoms with van der Waals surface area (Å²) >= 11 is 7.05. The van der Waals surface area contributed by atoms with Crippen LogP contribution in [0, 0.1) is 0 Å². The molecule has 0 saturated carbocycles. The Balaban J connectivity index is 0.861. The summed E-state index contributed by atoms with van der Waals surface area (Å²) in [4.78, 5) is 30.0. The quantitative estimate of drug-likeness (QED) is 0.0410. The van der Waals surface area contributed by atoms with Gasteiger partial charge >= 0.3 is 12.2 Å². The highest BCUT2D eigenvalue weighted by atomic mass is 32.2. The predicted molar refractivity (Wildman–Crippen MR) is 226 cm³/mol. The van der Waals surface area contributed by atoms with Crippen LogP contribution in [-0.4, -0.2) is 69.0 Å². The van der Waals surface area contributed by atoms with E-state index < -0.39 is 12.2 Å². The number of aliphatic imine (C=N–C) groups is 1. The number of rotatable bonds is 13. The number of benzene rings is 5. The molecular formula is C44H43N5O5S2. The molecule has 0 radical (unpaired) electrons. The Morgan fingerprint density at radius 3 is 1.55 bits per heavy atom. The van der Waals surface area contributed by atoms with E-state index in [1.54, 1.807) is 7.11 Å². The van der Waals surface area contributed by atoms with Gasteiger partial charge in [-0.05, 0) is 74.4 Å². The molecule has 2 aliphatic carbocycles. The maximum atomic E-state index is 12.7. The molecule has 4 N–H and O–H groups in total. The average Bonchev–Trinajstić information content (AvgIpc) is 3.73. The van der Waals surface area contributed by atoms with E-state index in [0.29, 0.717) is 35.7 Å². The van der Waals surface area contributed by atoms with Crippen molar-refractivity contribution < 1.29 is 23.8 Å². The minimum Gasteiger partial charge on any atom is -0.497 e. The number of hydrogen-bond donors (Lipinski definition) is 4. The van der Waals surface area contributed by atoms with Gasteiger partial charge in [0.05, 0.1) is 13.7 Å². The van der Waals surface area contributed by atoms with Crippen LogP contribution in [0.25, 0.3) is 22.3 Å². The largest absolute Gasteiger partial charge is 0.497 e. The van der Waals surface area contributed by atoms with E-state index in [4.69, 9.17) is 26.4 Å². The second-order valence-electron chi connectivity index (χ2n) is 13.2. The van der Waals surface area contributed by atoms with Crippen molar-refractivity contribution in [2.75, 3.05) is 46.5 Å². The predicted octanol–water partition coefficient (Wildman–Crippen LogP) is 7.83. The van der Waals surface area contributed by atoms with E-state index in [-0.39, 0.29) is 31.6 Å². The molecule has 0 spiro atoms. The molecule has 0 heterocycles. The van der Waals surface area contributed by atoms with E-state index in [9.17, 15) is 9.59 Å². The molecule has 10 nitrogen and oxygen atoms in total. The van der Waals surface area contributed by atoms with Crippen LogP contribution >= 0.6 is 24.0 Å². The first-order chi connectivity index (χ1) is 27.5. The molecular weight excluding hydrogens is 743 g/mol. The van der Waals surface area contributed by atoms with Crippen molar-refractivity contribution in [3.05, 3.63) is 149 Å². The van der Waals surface area contributed by atoms with Gasteiger partial charge in [-0.15, -0.1) is 0 Å². The topological polar surface area (TPSA) is 122 Å². The molecule has 5 aromatic carbocycles. The Morgan fingerprint density at radius 2 is 1.07 bits per heavy atom. The highest BCUT2D eigenvalue weighted by Gasteiger charge is 2.30. The molecule has 0 aliphatic heterocycles. The molecule has 0 unspecified atom stereocenters. The van der Waals surface area contributed by atoms with E-state index >= 15 is 0 Å². The third-order valence-electron chi connectivity index (χ3n) is 9.76. The van der Waals surface area contributed by atoms with Crippen LogP contribution in [0.2, 0.25) is 0 Å². The van der Waals surface area contributed by atoms with Crippen molar-refractivity contribution in [1.29, 1.82) is 0 Å². The lowest BCUT2D eigenvalue weighted by Crippen LogP contribution is -2.42. The third-order valence-corrected chi connectivity index (χ3v) is 11.0. The lowest BCUT2D eigenvalue weighted by atomic mass is 9.98. The average molecular weight is 786 g/mol. The van der Waals surface area contributed by atoms with Crippen molar-refractivity contribution in [3.63, 3.8) is 0 Å². The Labute approximate surface area is 336 Å². The minimum atomic E-state index is -0.497. The second-order valence-corrected chi connectivity index (χ2v) is 14.6. The summed E-state index contributed by atoms with van der Waals surface area (Å²) < 4.78 is 16.6. The van der Waals surface area contributed by atoms with E-state index in [0.717, 1.165) is 33.6 Å². The number of fused-ring (bicyclic) bond motifs is 6. The number of amides is 2. The Hall–Kier alpha value is -5.85.